The summed E-state index contributed by atoms with van der Waals surface area (Å²) in [5.74, 6) is 1.39. The highest BCUT2D eigenvalue weighted by atomic mass is 15.0. The predicted octanol–water partition coefficient (Wildman–Crippen LogP) is 13.8. The Bertz CT molecular complexity index is 4250. The van der Waals surface area contributed by atoms with Gasteiger partial charge in [-0.15, -0.1) is 0 Å². The second-order valence-corrected chi connectivity index (χ2v) is 17.2. The maximum atomic E-state index is 10.4. The van der Waals surface area contributed by atoms with Crippen molar-refractivity contribution in [1.82, 2.24) is 24.1 Å². The molecular formula is C62H32N10. The van der Waals surface area contributed by atoms with Crippen LogP contribution in [0.2, 0.25) is 0 Å². The molecule has 0 aliphatic heterocycles. The average Bonchev–Trinajstić information content (AvgIpc) is 3.96. The topological polar surface area (TPSA) is 167 Å². The normalized spacial score (nSPS) is 11.0. The second kappa shape index (κ2) is 17.3. The number of hydrogen-bond donors (Lipinski definition) is 0. The second-order valence-electron chi connectivity index (χ2n) is 17.2. The highest BCUT2D eigenvalue weighted by molar-refractivity contribution is 6.12. The number of nitrogens with zero attached hydrogens (tertiary/aromatic N) is 10. The molecule has 3 aromatic heterocycles. The minimum Gasteiger partial charge on any atom is -0.309 e. The fourth-order valence-electron chi connectivity index (χ4n) is 9.83. The van der Waals surface area contributed by atoms with Crippen LogP contribution < -0.4 is 0 Å². The maximum Gasteiger partial charge on any atom is 0.164 e. The Morgan fingerprint density at radius 3 is 1.25 bits per heavy atom. The summed E-state index contributed by atoms with van der Waals surface area (Å²) in [6.45, 7) is 0. The van der Waals surface area contributed by atoms with Crippen LogP contribution in [0.15, 0.2) is 194 Å². The summed E-state index contributed by atoms with van der Waals surface area (Å²) in [4.78, 5) is 15.5. The molecule has 0 amide bonds. The van der Waals surface area contributed by atoms with E-state index in [1.54, 1.807) is 30.3 Å². The zero-order valence-corrected chi connectivity index (χ0v) is 37.9. The SMILES string of the molecule is N#Cc1ccc2c(c1)c1cc(C#N)ccc1n2-c1ccc(-c2nc(-c3ccccc3)nc(-c3ccccc3)n2)c(-c2cc(-c3ccccc3C#N)ccc2-n2c3ccc(C#N)cc3c3cc(C#N)ccc32)c1. The van der Waals surface area contributed by atoms with Crippen LogP contribution in [0.1, 0.15) is 27.8 Å². The summed E-state index contributed by atoms with van der Waals surface area (Å²) in [6.07, 6.45) is 0. The quantitative estimate of drug-likeness (QED) is 0.152. The van der Waals surface area contributed by atoms with Gasteiger partial charge in [-0.25, -0.2) is 15.0 Å². The van der Waals surface area contributed by atoms with Crippen LogP contribution in [0.4, 0.5) is 0 Å². The van der Waals surface area contributed by atoms with Crippen LogP contribution in [-0.4, -0.2) is 24.1 Å². The van der Waals surface area contributed by atoms with E-state index in [0.29, 0.717) is 50.9 Å². The van der Waals surface area contributed by atoms with Gasteiger partial charge in [-0.1, -0.05) is 84.9 Å². The molecule has 0 N–H and O–H groups in total. The maximum absolute atomic E-state index is 10.4. The first-order valence-electron chi connectivity index (χ1n) is 22.9. The minimum atomic E-state index is 0.414. The van der Waals surface area contributed by atoms with Crippen molar-refractivity contribution in [3.05, 3.63) is 222 Å². The highest BCUT2D eigenvalue weighted by Crippen LogP contribution is 2.44. The Morgan fingerprint density at radius 2 is 0.764 bits per heavy atom. The number of benzene rings is 9. The summed E-state index contributed by atoms with van der Waals surface area (Å²) >= 11 is 0. The van der Waals surface area contributed by atoms with Gasteiger partial charge in [0.05, 0.1) is 85.9 Å². The fourth-order valence-corrected chi connectivity index (χ4v) is 9.83. The molecule has 0 aliphatic rings. The molecule has 12 rings (SSSR count). The Morgan fingerprint density at radius 1 is 0.306 bits per heavy atom. The number of fused-ring (bicyclic) bond motifs is 6. The molecule has 0 unspecified atom stereocenters. The highest BCUT2D eigenvalue weighted by Gasteiger charge is 2.24. The number of aromatic nitrogens is 5. The number of rotatable bonds is 7. The largest absolute Gasteiger partial charge is 0.309 e. The summed E-state index contributed by atoms with van der Waals surface area (Å²) in [7, 11) is 0. The molecule has 0 aliphatic carbocycles. The molecule has 9 aromatic carbocycles. The third-order valence-corrected chi connectivity index (χ3v) is 13.1. The minimum absolute atomic E-state index is 0.414. The van der Waals surface area contributed by atoms with Crippen molar-refractivity contribution in [3.8, 4) is 98.1 Å². The lowest BCUT2D eigenvalue weighted by Gasteiger charge is -2.20. The van der Waals surface area contributed by atoms with Crippen molar-refractivity contribution in [1.29, 1.82) is 26.3 Å². The first-order valence-corrected chi connectivity index (χ1v) is 22.9. The van der Waals surface area contributed by atoms with Gasteiger partial charge in [-0.05, 0) is 126 Å². The van der Waals surface area contributed by atoms with Crippen molar-refractivity contribution in [2.75, 3.05) is 0 Å². The Kier molecular flexibility index (Phi) is 10.2. The lowest BCUT2D eigenvalue weighted by molar-refractivity contribution is 1.07. The summed E-state index contributed by atoms with van der Waals surface area (Å²) in [5.41, 5.74) is 12.6. The van der Waals surface area contributed by atoms with Gasteiger partial charge in [0.15, 0.2) is 17.5 Å². The van der Waals surface area contributed by atoms with Gasteiger partial charge in [0.25, 0.3) is 0 Å². The van der Waals surface area contributed by atoms with Gasteiger partial charge in [0.1, 0.15) is 0 Å². The predicted molar refractivity (Wildman–Crippen MR) is 279 cm³/mol. The Balaban J connectivity index is 1.24. The van der Waals surface area contributed by atoms with E-state index in [1.807, 2.05) is 146 Å². The van der Waals surface area contributed by atoms with Gasteiger partial charge in [0, 0.05) is 49.5 Å². The molecule has 0 atom stereocenters. The van der Waals surface area contributed by atoms with E-state index in [9.17, 15) is 26.3 Å². The van der Waals surface area contributed by atoms with Crippen molar-refractivity contribution in [3.63, 3.8) is 0 Å². The Hall–Kier alpha value is -11.0. The molecule has 0 saturated carbocycles. The van der Waals surface area contributed by atoms with E-state index in [0.717, 1.165) is 88.4 Å². The molecule has 0 spiro atoms. The lowest BCUT2D eigenvalue weighted by Crippen LogP contribution is -2.04. The monoisotopic (exact) mass is 916 g/mol. The third kappa shape index (κ3) is 7.04. The van der Waals surface area contributed by atoms with Crippen LogP contribution in [0.5, 0.6) is 0 Å². The molecule has 330 valence electrons. The molecule has 10 nitrogen and oxygen atoms in total. The molecule has 0 saturated heterocycles. The molecule has 0 fully saturated rings. The zero-order chi connectivity index (χ0) is 48.9. The van der Waals surface area contributed by atoms with E-state index >= 15 is 0 Å². The Labute approximate surface area is 412 Å². The molecule has 72 heavy (non-hydrogen) atoms. The first kappa shape index (κ1) is 42.4. The summed E-state index contributed by atoms with van der Waals surface area (Å²) in [6, 6.07) is 73.4. The van der Waals surface area contributed by atoms with Gasteiger partial charge in [-0.3, -0.25) is 0 Å². The van der Waals surface area contributed by atoms with Crippen LogP contribution >= 0.6 is 0 Å². The number of hydrogen-bond acceptors (Lipinski definition) is 8. The summed E-state index contributed by atoms with van der Waals surface area (Å²) < 4.78 is 4.30. The van der Waals surface area contributed by atoms with Crippen LogP contribution in [0.3, 0.4) is 0 Å². The van der Waals surface area contributed by atoms with Crippen LogP contribution in [0, 0.1) is 56.7 Å². The lowest BCUT2D eigenvalue weighted by atomic mass is 9.92. The van der Waals surface area contributed by atoms with Gasteiger partial charge >= 0.3 is 0 Å². The van der Waals surface area contributed by atoms with Crippen molar-refractivity contribution < 1.29 is 0 Å². The first-order chi connectivity index (χ1) is 35.4. The molecular weight excluding hydrogens is 885 g/mol. The van der Waals surface area contributed by atoms with Gasteiger partial charge in [0.2, 0.25) is 0 Å². The molecule has 3 heterocycles. The molecule has 0 radical (unpaired) electrons. The number of nitriles is 5. The molecule has 10 heteroatoms. The van der Waals surface area contributed by atoms with Crippen LogP contribution in [0.25, 0.3) is 111 Å². The van der Waals surface area contributed by atoms with E-state index in [1.165, 1.54) is 0 Å². The third-order valence-electron chi connectivity index (χ3n) is 13.1. The smallest absolute Gasteiger partial charge is 0.164 e. The van der Waals surface area contributed by atoms with E-state index < -0.39 is 0 Å². The van der Waals surface area contributed by atoms with E-state index in [-0.39, 0.29) is 0 Å². The van der Waals surface area contributed by atoms with Crippen LogP contribution in [-0.2, 0) is 0 Å². The standard InChI is InChI=1S/C62H32N10/c63-33-38-15-22-55-50(27-38)51-28-39(34-64)16-23-56(51)71(55)46-20-21-48(62-69-60(42-9-3-1-4-10-42)68-61(70-62)43-11-5-2-6-12-43)49(32-46)54-31-44(47-14-8-7-13-45(47)37-67)19-26-59(54)72-57-24-17-40(35-65)29-52(57)53-30-41(36-66)18-25-58(53)72/h1-32H. The summed E-state index contributed by atoms with van der Waals surface area (Å²) in [5, 5.41) is 54.0. The molecule has 12 aromatic rings. The molecule has 0 bridgehead atoms. The van der Waals surface area contributed by atoms with Gasteiger partial charge in [-0.2, -0.15) is 26.3 Å². The van der Waals surface area contributed by atoms with Crippen molar-refractivity contribution in [2.24, 2.45) is 0 Å². The van der Waals surface area contributed by atoms with E-state index in [4.69, 9.17) is 15.0 Å². The average molecular weight is 917 g/mol. The van der Waals surface area contributed by atoms with E-state index in [2.05, 4.69) is 57.7 Å². The van der Waals surface area contributed by atoms with Crippen molar-refractivity contribution in [2.45, 2.75) is 0 Å². The van der Waals surface area contributed by atoms with Gasteiger partial charge < -0.3 is 9.13 Å². The van der Waals surface area contributed by atoms with Crippen molar-refractivity contribution >= 4 is 43.6 Å². The fraction of sp³-hybridized carbons (Fsp3) is 0. The zero-order valence-electron chi connectivity index (χ0n) is 37.9.